The Labute approximate surface area is 229 Å². The predicted octanol–water partition coefficient (Wildman–Crippen LogP) is 6.24. The van der Waals surface area contributed by atoms with Crippen LogP contribution >= 0.6 is 11.3 Å². The van der Waals surface area contributed by atoms with E-state index in [-0.39, 0.29) is 23.3 Å². The molecule has 0 aliphatic carbocycles. The number of carbonyl (C=O) groups excluding carboxylic acids is 2. The molecular weight excluding hydrogens is 516 g/mol. The highest BCUT2D eigenvalue weighted by molar-refractivity contribution is 7.09. The summed E-state index contributed by atoms with van der Waals surface area (Å²) in [4.78, 5) is 38.0. The summed E-state index contributed by atoms with van der Waals surface area (Å²) in [7, 11) is 1.38. The molecule has 9 nitrogen and oxygen atoms in total. The quantitative estimate of drug-likeness (QED) is 0.188. The number of nitrogens with one attached hydrogen (secondary N) is 3. The second kappa shape index (κ2) is 10.2. The van der Waals surface area contributed by atoms with E-state index >= 15 is 0 Å². The first-order chi connectivity index (χ1) is 18.7. The summed E-state index contributed by atoms with van der Waals surface area (Å²) in [5.41, 5.74) is 3.52. The molecule has 0 spiro atoms. The Kier molecular flexibility index (Phi) is 6.80. The largest absolute Gasteiger partial charge is 0.490 e. The fourth-order valence-corrected chi connectivity index (χ4v) is 5.09. The van der Waals surface area contributed by atoms with Gasteiger partial charge < -0.3 is 20.7 Å². The summed E-state index contributed by atoms with van der Waals surface area (Å²) >= 11 is 1.59. The van der Waals surface area contributed by atoms with Crippen molar-refractivity contribution in [3.63, 3.8) is 0 Å². The lowest BCUT2D eigenvalue weighted by atomic mass is 9.83. The lowest BCUT2D eigenvalue weighted by Crippen LogP contribution is -2.39. The first-order valence-corrected chi connectivity index (χ1v) is 13.1. The summed E-state index contributed by atoms with van der Waals surface area (Å²) in [5, 5.41) is 22.6. The summed E-state index contributed by atoms with van der Waals surface area (Å²) in [6.07, 6.45) is 0. The van der Waals surface area contributed by atoms with Crippen molar-refractivity contribution in [1.29, 1.82) is 0 Å². The Morgan fingerprint density at radius 3 is 2.49 bits per heavy atom. The number of amides is 2. The Morgan fingerprint density at radius 2 is 1.77 bits per heavy atom. The van der Waals surface area contributed by atoms with Gasteiger partial charge in [-0.15, -0.1) is 11.3 Å². The Morgan fingerprint density at radius 1 is 1.00 bits per heavy atom. The number of nitro benzene ring substituents is 1. The number of anilines is 3. The van der Waals surface area contributed by atoms with Crippen LogP contribution in [0.25, 0.3) is 11.1 Å². The molecule has 39 heavy (non-hydrogen) atoms. The number of hydrogen-bond acceptors (Lipinski definition) is 7. The van der Waals surface area contributed by atoms with E-state index < -0.39 is 10.3 Å². The van der Waals surface area contributed by atoms with Gasteiger partial charge in [0.15, 0.2) is 5.75 Å². The normalized spacial score (nSPS) is 12.3. The minimum Gasteiger partial charge on any atom is -0.490 e. The van der Waals surface area contributed by atoms with Crippen LogP contribution in [0.15, 0.2) is 72.1 Å². The van der Waals surface area contributed by atoms with Crippen LogP contribution in [0.2, 0.25) is 0 Å². The zero-order valence-corrected chi connectivity index (χ0v) is 22.3. The van der Waals surface area contributed by atoms with Crippen molar-refractivity contribution in [1.82, 2.24) is 5.32 Å². The van der Waals surface area contributed by atoms with Gasteiger partial charge in [0.1, 0.15) is 0 Å². The van der Waals surface area contributed by atoms with E-state index in [1.807, 2.05) is 49.6 Å². The van der Waals surface area contributed by atoms with E-state index in [0.717, 1.165) is 16.0 Å². The molecular formula is C29H26N4O5S. The number of nitrogens with zero attached hydrogens (tertiary/aromatic N) is 1. The van der Waals surface area contributed by atoms with E-state index in [0.29, 0.717) is 34.7 Å². The van der Waals surface area contributed by atoms with Crippen LogP contribution in [0.4, 0.5) is 22.7 Å². The van der Waals surface area contributed by atoms with Crippen molar-refractivity contribution in [2.75, 3.05) is 17.7 Å². The Hall–Kier alpha value is -4.70. The van der Waals surface area contributed by atoms with Crippen molar-refractivity contribution in [3.05, 3.63) is 98.2 Å². The third-order valence-corrected chi connectivity index (χ3v) is 7.68. The van der Waals surface area contributed by atoms with Crippen molar-refractivity contribution >= 4 is 45.9 Å². The van der Waals surface area contributed by atoms with Crippen LogP contribution in [0.3, 0.4) is 0 Å². The molecule has 0 bridgehead atoms. The fraction of sp³-hybridized carbons (Fsp3) is 0.172. The molecule has 0 radical (unpaired) electrons. The number of ether oxygens (including phenoxy) is 1. The lowest BCUT2D eigenvalue weighted by Gasteiger charge is -2.25. The van der Waals surface area contributed by atoms with Crippen LogP contribution in [-0.4, -0.2) is 23.8 Å². The number of carbonyl (C=O) groups is 2. The summed E-state index contributed by atoms with van der Waals surface area (Å²) in [6.45, 7) is 4.19. The molecule has 2 heterocycles. The molecule has 4 aromatic rings. The number of methoxy groups -OCH3 is 1. The zero-order valence-electron chi connectivity index (χ0n) is 21.5. The standard InChI is InChI=1S/C29H26N4O5S/c1-29(2,28(35)30-16-20-5-4-12-39-20)19-8-10-22-24(15-19)31-23-13-17(6-9-21(23)27(34)32-22)18-7-11-25(33(36)37)26(14-18)38-3/h4-15,31H,16H2,1-3H3,(H,30,35)(H,32,34). The topological polar surface area (TPSA) is 123 Å². The van der Waals surface area contributed by atoms with Crippen molar-refractivity contribution in [2.24, 2.45) is 0 Å². The van der Waals surface area contributed by atoms with Crippen LogP contribution in [-0.2, 0) is 16.8 Å². The van der Waals surface area contributed by atoms with E-state index in [2.05, 4.69) is 16.0 Å². The Balaban J connectivity index is 1.46. The minimum atomic E-state index is -0.829. The monoisotopic (exact) mass is 542 g/mol. The van der Waals surface area contributed by atoms with Gasteiger partial charge in [-0.05, 0) is 78.4 Å². The molecule has 0 fully saturated rings. The molecule has 2 amide bonds. The van der Waals surface area contributed by atoms with Crippen molar-refractivity contribution in [3.8, 4) is 16.9 Å². The number of benzene rings is 3. The van der Waals surface area contributed by atoms with E-state index in [1.165, 1.54) is 13.2 Å². The maximum absolute atomic E-state index is 13.1. The molecule has 0 saturated heterocycles. The highest BCUT2D eigenvalue weighted by Crippen LogP contribution is 2.39. The van der Waals surface area contributed by atoms with E-state index in [9.17, 15) is 19.7 Å². The van der Waals surface area contributed by atoms with Crippen LogP contribution in [0.5, 0.6) is 5.75 Å². The molecule has 0 unspecified atom stereocenters. The molecule has 1 aliphatic heterocycles. The van der Waals surface area contributed by atoms with Crippen molar-refractivity contribution in [2.45, 2.75) is 25.8 Å². The number of thiophene rings is 1. The number of nitro groups is 1. The van der Waals surface area contributed by atoms with E-state index in [1.54, 1.807) is 41.7 Å². The first kappa shape index (κ1) is 25.9. The molecule has 5 rings (SSSR count). The number of rotatable bonds is 7. The van der Waals surface area contributed by atoms with Gasteiger partial charge >= 0.3 is 5.69 Å². The summed E-state index contributed by atoms with van der Waals surface area (Å²) < 4.78 is 5.21. The number of fused-ring (bicyclic) bond motifs is 2. The molecule has 10 heteroatoms. The number of hydrogen-bond donors (Lipinski definition) is 3. The molecule has 0 saturated carbocycles. The van der Waals surface area contributed by atoms with E-state index in [4.69, 9.17) is 4.74 Å². The van der Waals surface area contributed by atoms with Crippen LogP contribution in [0, 0.1) is 10.1 Å². The SMILES string of the molecule is COc1cc(-c2ccc3c(c2)Nc2cc(C(C)(C)C(=O)NCc4cccs4)ccc2NC3=O)ccc1[N+](=O)[O-]. The molecule has 3 aromatic carbocycles. The van der Waals surface area contributed by atoms with Crippen LogP contribution in [0.1, 0.15) is 34.6 Å². The van der Waals surface area contributed by atoms with Gasteiger partial charge in [0, 0.05) is 10.9 Å². The average molecular weight is 543 g/mol. The zero-order chi connectivity index (χ0) is 27.7. The maximum atomic E-state index is 13.1. The fourth-order valence-electron chi connectivity index (χ4n) is 4.45. The van der Waals surface area contributed by atoms with Gasteiger partial charge in [0.25, 0.3) is 5.91 Å². The van der Waals surface area contributed by atoms with Gasteiger partial charge in [-0.25, -0.2) is 0 Å². The predicted molar refractivity (Wildman–Crippen MR) is 152 cm³/mol. The Bertz CT molecular complexity index is 1600. The molecule has 198 valence electrons. The highest BCUT2D eigenvalue weighted by Gasteiger charge is 2.31. The molecule has 1 aromatic heterocycles. The van der Waals surface area contributed by atoms with Gasteiger partial charge in [0.2, 0.25) is 5.91 Å². The molecule has 0 atom stereocenters. The van der Waals surface area contributed by atoms with Crippen LogP contribution < -0.4 is 20.7 Å². The third-order valence-electron chi connectivity index (χ3n) is 6.80. The summed E-state index contributed by atoms with van der Waals surface area (Å²) in [5.74, 6) is -0.235. The minimum absolute atomic E-state index is 0.108. The third kappa shape index (κ3) is 5.06. The maximum Gasteiger partial charge on any atom is 0.310 e. The lowest BCUT2D eigenvalue weighted by molar-refractivity contribution is -0.385. The highest BCUT2D eigenvalue weighted by atomic mass is 32.1. The van der Waals surface area contributed by atoms with Gasteiger partial charge in [-0.3, -0.25) is 19.7 Å². The van der Waals surface area contributed by atoms with Gasteiger partial charge in [-0.2, -0.15) is 0 Å². The smallest absolute Gasteiger partial charge is 0.310 e. The summed E-state index contributed by atoms with van der Waals surface area (Å²) in [6, 6.07) is 19.4. The average Bonchev–Trinajstić information content (AvgIpc) is 3.41. The second-order valence-electron chi connectivity index (χ2n) is 9.63. The second-order valence-corrected chi connectivity index (χ2v) is 10.7. The van der Waals surface area contributed by atoms with Gasteiger partial charge in [-0.1, -0.05) is 18.2 Å². The molecule has 1 aliphatic rings. The van der Waals surface area contributed by atoms with Crippen molar-refractivity contribution < 1.29 is 19.2 Å². The van der Waals surface area contributed by atoms with Gasteiger partial charge in [0.05, 0.1) is 46.6 Å². The molecule has 3 N–H and O–H groups in total. The first-order valence-electron chi connectivity index (χ1n) is 12.2.